The van der Waals surface area contributed by atoms with Gasteiger partial charge in [-0.2, -0.15) is 0 Å². The number of hydrogen-bond acceptors (Lipinski definition) is 4. The maximum atomic E-state index is 12.6. The molecule has 1 amide bonds. The number of carbonyl (C=O) groups excluding carboxylic acids is 1. The van der Waals surface area contributed by atoms with Crippen LogP contribution >= 0.6 is 0 Å². The lowest BCUT2D eigenvalue weighted by Crippen LogP contribution is -2.48. The van der Waals surface area contributed by atoms with Crippen molar-refractivity contribution in [3.05, 3.63) is 59.9 Å². The summed E-state index contributed by atoms with van der Waals surface area (Å²) in [7, 11) is 0. The molecule has 2 heterocycles. The highest BCUT2D eigenvalue weighted by atomic mass is 16.5. The van der Waals surface area contributed by atoms with Crippen molar-refractivity contribution in [1.82, 2.24) is 14.8 Å². The van der Waals surface area contributed by atoms with Crippen molar-refractivity contribution in [2.24, 2.45) is 5.92 Å². The first kappa shape index (κ1) is 21.8. The summed E-state index contributed by atoms with van der Waals surface area (Å²) in [4.78, 5) is 21.1. The summed E-state index contributed by atoms with van der Waals surface area (Å²) in [6.07, 6.45) is 12.1. The third-order valence-electron chi connectivity index (χ3n) is 6.63. The first-order chi connectivity index (χ1) is 15.3. The minimum Gasteiger partial charge on any atom is -0.494 e. The highest BCUT2D eigenvalue weighted by Crippen LogP contribution is 2.26. The molecule has 5 heteroatoms. The van der Waals surface area contributed by atoms with Crippen molar-refractivity contribution < 1.29 is 9.53 Å². The number of amides is 1. The largest absolute Gasteiger partial charge is 0.494 e. The summed E-state index contributed by atoms with van der Waals surface area (Å²) < 4.78 is 6.07. The predicted octanol–water partition coefficient (Wildman–Crippen LogP) is 4.32. The number of hydrogen-bond donors (Lipinski definition) is 0. The quantitative estimate of drug-likeness (QED) is 0.637. The van der Waals surface area contributed by atoms with Gasteiger partial charge in [-0.05, 0) is 41.7 Å². The molecule has 5 nitrogen and oxygen atoms in total. The van der Waals surface area contributed by atoms with Gasteiger partial charge in [0.15, 0.2) is 0 Å². The maximum absolute atomic E-state index is 12.6. The number of pyridine rings is 1. The average molecular weight is 422 g/mol. The van der Waals surface area contributed by atoms with E-state index in [1.54, 1.807) is 12.4 Å². The van der Waals surface area contributed by atoms with E-state index in [9.17, 15) is 4.79 Å². The summed E-state index contributed by atoms with van der Waals surface area (Å²) in [6.45, 7) is 5.13. The van der Waals surface area contributed by atoms with Crippen molar-refractivity contribution in [3.8, 4) is 5.75 Å². The minimum atomic E-state index is 0.195. The van der Waals surface area contributed by atoms with E-state index in [2.05, 4.69) is 34.1 Å². The smallest absolute Gasteiger partial charge is 0.227 e. The summed E-state index contributed by atoms with van der Waals surface area (Å²) in [6, 6.07) is 12.4. The fraction of sp³-hybridized carbons (Fsp3) is 0.538. The van der Waals surface area contributed by atoms with Crippen LogP contribution in [0.5, 0.6) is 5.75 Å². The molecule has 2 aliphatic rings. The molecule has 1 saturated heterocycles. The standard InChI is InChI=1S/C26H35N3O2/c30-26(19-23-9-5-12-27-20-23)29-15-13-28(14-16-29)21-24-8-4-10-25(18-24)31-17-11-22-6-2-1-3-7-22/h4-5,8-10,12,18,20,22H,1-3,6-7,11,13-17,19,21H2. The van der Waals surface area contributed by atoms with Crippen LogP contribution in [-0.4, -0.2) is 53.5 Å². The molecule has 166 valence electrons. The maximum Gasteiger partial charge on any atom is 0.227 e. The van der Waals surface area contributed by atoms with E-state index in [-0.39, 0.29) is 5.91 Å². The molecule has 1 aromatic carbocycles. The fourth-order valence-corrected chi connectivity index (χ4v) is 4.76. The van der Waals surface area contributed by atoms with E-state index in [1.807, 2.05) is 17.0 Å². The van der Waals surface area contributed by atoms with Crippen molar-refractivity contribution in [2.75, 3.05) is 32.8 Å². The Morgan fingerprint density at radius 3 is 2.58 bits per heavy atom. The molecule has 0 bridgehead atoms. The Balaban J connectivity index is 1.19. The van der Waals surface area contributed by atoms with E-state index in [4.69, 9.17) is 4.74 Å². The van der Waals surface area contributed by atoms with Crippen LogP contribution in [0.2, 0.25) is 0 Å². The Hall–Kier alpha value is -2.40. The van der Waals surface area contributed by atoms with Crippen LogP contribution in [0.1, 0.15) is 49.7 Å². The van der Waals surface area contributed by atoms with Gasteiger partial charge in [-0.1, -0.05) is 50.3 Å². The summed E-state index contributed by atoms with van der Waals surface area (Å²) >= 11 is 0. The second-order valence-corrected chi connectivity index (χ2v) is 8.98. The topological polar surface area (TPSA) is 45.7 Å². The van der Waals surface area contributed by atoms with E-state index in [0.29, 0.717) is 6.42 Å². The molecule has 2 fully saturated rings. The number of carbonyl (C=O) groups is 1. The average Bonchev–Trinajstić information content (AvgIpc) is 2.81. The van der Waals surface area contributed by atoms with Crippen LogP contribution in [0.25, 0.3) is 0 Å². The molecule has 4 rings (SSSR count). The molecule has 1 aliphatic heterocycles. The Kier molecular flexibility index (Phi) is 7.94. The SMILES string of the molecule is O=C(Cc1cccnc1)N1CCN(Cc2cccc(OCCC3CCCCC3)c2)CC1. The third kappa shape index (κ3) is 6.79. The zero-order valence-electron chi connectivity index (χ0n) is 18.5. The molecule has 1 aromatic heterocycles. The summed E-state index contributed by atoms with van der Waals surface area (Å²) in [5.74, 6) is 2.04. The zero-order chi connectivity index (χ0) is 21.3. The molecule has 0 radical (unpaired) electrons. The Morgan fingerprint density at radius 1 is 1.00 bits per heavy atom. The number of aromatic nitrogens is 1. The van der Waals surface area contributed by atoms with Gasteiger partial charge in [0.05, 0.1) is 13.0 Å². The molecular formula is C26H35N3O2. The first-order valence-electron chi connectivity index (χ1n) is 11.9. The van der Waals surface area contributed by atoms with Crippen LogP contribution in [0.15, 0.2) is 48.8 Å². The second kappa shape index (κ2) is 11.3. The molecule has 1 aliphatic carbocycles. The van der Waals surface area contributed by atoms with Gasteiger partial charge in [-0.3, -0.25) is 14.7 Å². The molecular weight excluding hydrogens is 386 g/mol. The molecule has 1 saturated carbocycles. The van der Waals surface area contributed by atoms with E-state index in [1.165, 1.54) is 44.1 Å². The highest BCUT2D eigenvalue weighted by molar-refractivity contribution is 5.78. The summed E-state index contributed by atoms with van der Waals surface area (Å²) in [5.41, 5.74) is 2.26. The lowest BCUT2D eigenvalue weighted by molar-refractivity contribution is -0.132. The molecule has 0 N–H and O–H groups in total. The lowest BCUT2D eigenvalue weighted by atomic mass is 9.87. The number of piperazine rings is 1. The third-order valence-corrected chi connectivity index (χ3v) is 6.63. The molecule has 0 atom stereocenters. The fourth-order valence-electron chi connectivity index (χ4n) is 4.76. The number of benzene rings is 1. The van der Waals surface area contributed by atoms with Gasteiger partial charge in [-0.25, -0.2) is 0 Å². The summed E-state index contributed by atoms with van der Waals surface area (Å²) in [5, 5.41) is 0. The van der Waals surface area contributed by atoms with Gasteiger partial charge in [0.25, 0.3) is 0 Å². The van der Waals surface area contributed by atoms with E-state index in [0.717, 1.165) is 56.6 Å². The molecule has 0 spiro atoms. The lowest BCUT2D eigenvalue weighted by Gasteiger charge is -2.35. The highest BCUT2D eigenvalue weighted by Gasteiger charge is 2.21. The van der Waals surface area contributed by atoms with Crippen LogP contribution in [-0.2, 0) is 17.8 Å². The molecule has 0 unspecified atom stereocenters. The number of nitrogens with zero attached hydrogens (tertiary/aromatic N) is 3. The van der Waals surface area contributed by atoms with Gasteiger partial charge in [0.2, 0.25) is 5.91 Å². The van der Waals surface area contributed by atoms with Crippen molar-refractivity contribution >= 4 is 5.91 Å². The predicted molar refractivity (Wildman–Crippen MR) is 123 cm³/mol. The zero-order valence-corrected chi connectivity index (χ0v) is 18.5. The number of ether oxygens (including phenoxy) is 1. The van der Waals surface area contributed by atoms with Crippen molar-refractivity contribution in [3.63, 3.8) is 0 Å². The molecule has 31 heavy (non-hydrogen) atoms. The molecule has 2 aromatic rings. The van der Waals surface area contributed by atoms with Gasteiger partial charge in [0.1, 0.15) is 5.75 Å². The van der Waals surface area contributed by atoms with Crippen LogP contribution < -0.4 is 4.74 Å². The van der Waals surface area contributed by atoms with Crippen LogP contribution in [0.3, 0.4) is 0 Å². The van der Waals surface area contributed by atoms with Crippen molar-refractivity contribution in [2.45, 2.75) is 51.5 Å². The first-order valence-corrected chi connectivity index (χ1v) is 11.9. The van der Waals surface area contributed by atoms with Crippen LogP contribution in [0.4, 0.5) is 0 Å². The van der Waals surface area contributed by atoms with E-state index >= 15 is 0 Å². The van der Waals surface area contributed by atoms with Gasteiger partial charge >= 0.3 is 0 Å². The normalized spacial score (nSPS) is 18.1. The Bertz CT molecular complexity index is 812. The van der Waals surface area contributed by atoms with Gasteiger partial charge in [-0.15, -0.1) is 0 Å². The monoisotopic (exact) mass is 421 g/mol. The van der Waals surface area contributed by atoms with Gasteiger partial charge < -0.3 is 9.64 Å². The number of rotatable bonds is 8. The second-order valence-electron chi connectivity index (χ2n) is 8.98. The van der Waals surface area contributed by atoms with Crippen LogP contribution in [0, 0.1) is 5.92 Å². The Labute approximate surface area is 186 Å². The van der Waals surface area contributed by atoms with Gasteiger partial charge in [0, 0.05) is 45.1 Å². The minimum absolute atomic E-state index is 0.195. The van der Waals surface area contributed by atoms with Crippen molar-refractivity contribution in [1.29, 1.82) is 0 Å². The Morgan fingerprint density at radius 2 is 1.81 bits per heavy atom. The van der Waals surface area contributed by atoms with E-state index < -0.39 is 0 Å².